The van der Waals surface area contributed by atoms with Crippen LogP contribution in [0.5, 0.6) is 0 Å². The minimum atomic E-state index is 0.0818. The summed E-state index contributed by atoms with van der Waals surface area (Å²) >= 11 is 0. The standard InChI is InChI=1S/C14H25N3O2/c1-5-12(3)13-9-15-17(10-13)11-14(18)16(6-2)7-8-19-4/h9-10,12H,5-8,11H2,1-4H3. The van der Waals surface area contributed by atoms with Gasteiger partial charge in [-0.15, -0.1) is 0 Å². The van der Waals surface area contributed by atoms with E-state index in [9.17, 15) is 4.79 Å². The van der Waals surface area contributed by atoms with Gasteiger partial charge in [0.1, 0.15) is 6.54 Å². The minimum absolute atomic E-state index is 0.0818. The highest BCUT2D eigenvalue weighted by atomic mass is 16.5. The van der Waals surface area contributed by atoms with E-state index in [1.54, 1.807) is 16.7 Å². The van der Waals surface area contributed by atoms with Gasteiger partial charge in [0.2, 0.25) is 5.91 Å². The van der Waals surface area contributed by atoms with Crippen molar-refractivity contribution in [1.29, 1.82) is 0 Å². The van der Waals surface area contributed by atoms with Gasteiger partial charge in [0.15, 0.2) is 0 Å². The zero-order chi connectivity index (χ0) is 14.3. The average Bonchev–Trinajstić information content (AvgIpc) is 2.87. The molecule has 1 atom stereocenters. The van der Waals surface area contributed by atoms with Gasteiger partial charge < -0.3 is 9.64 Å². The molecule has 1 amide bonds. The van der Waals surface area contributed by atoms with Crippen molar-refractivity contribution in [1.82, 2.24) is 14.7 Å². The van der Waals surface area contributed by atoms with Crippen LogP contribution in [0.3, 0.4) is 0 Å². The van der Waals surface area contributed by atoms with Crippen LogP contribution in [0.15, 0.2) is 12.4 Å². The third kappa shape index (κ3) is 4.67. The molecule has 0 aromatic carbocycles. The molecule has 19 heavy (non-hydrogen) atoms. The number of aromatic nitrogens is 2. The van der Waals surface area contributed by atoms with Crippen molar-refractivity contribution in [2.24, 2.45) is 0 Å². The predicted molar refractivity (Wildman–Crippen MR) is 75.1 cm³/mol. The molecule has 5 heteroatoms. The topological polar surface area (TPSA) is 47.4 Å². The molecular formula is C14H25N3O2. The molecule has 0 saturated carbocycles. The lowest BCUT2D eigenvalue weighted by molar-refractivity contribution is -0.132. The van der Waals surface area contributed by atoms with Gasteiger partial charge in [0, 0.05) is 26.4 Å². The number of rotatable bonds is 8. The normalized spacial score (nSPS) is 12.4. The molecule has 5 nitrogen and oxygen atoms in total. The maximum Gasteiger partial charge on any atom is 0.244 e. The lowest BCUT2D eigenvalue weighted by Crippen LogP contribution is -2.36. The summed E-state index contributed by atoms with van der Waals surface area (Å²) in [5, 5.41) is 4.26. The van der Waals surface area contributed by atoms with E-state index in [0.29, 0.717) is 32.2 Å². The highest BCUT2D eigenvalue weighted by Crippen LogP contribution is 2.17. The van der Waals surface area contributed by atoms with Crippen molar-refractivity contribution in [3.05, 3.63) is 18.0 Å². The summed E-state index contributed by atoms with van der Waals surface area (Å²) in [4.78, 5) is 13.9. The summed E-state index contributed by atoms with van der Waals surface area (Å²) in [7, 11) is 1.64. The van der Waals surface area contributed by atoms with Crippen LogP contribution in [0.4, 0.5) is 0 Å². The van der Waals surface area contributed by atoms with E-state index < -0.39 is 0 Å². The molecule has 0 aliphatic carbocycles. The van der Waals surface area contributed by atoms with Gasteiger partial charge in [-0.05, 0) is 24.8 Å². The largest absolute Gasteiger partial charge is 0.383 e. The van der Waals surface area contributed by atoms with Crippen LogP contribution in [0.25, 0.3) is 0 Å². The van der Waals surface area contributed by atoms with Crippen LogP contribution in [-0.4, -0.2) is 47.4 Å². The summed E-state index contributed by atoms with van der Waals surface area (Å²) < 4.78 is 6.73. The Labute approximate surface area is 115 Å². The van der Waals surface area contributed by atoms with E-state index in [1.165, 1.54) is 5.56 Å². The first kappa shape index (κ1) is 15.7. The van der Waals surface area contributed by atoms with Crippen LogP contribution in [0.2, 0.25) is 0 Å². The first-order chi connectivity index (χ1) is 9.12. The van der Waals surface area contributed by atoms with Crippen molar-refractivity contribution in [3.63, 3.8) is 0 Å². The summed E-state index contributed by atoms with van der Waals surface area (Å²) in [6.07, 6.45) is 4.90. The molecule has 0 saturated heterocycles. The molecule has 1 aromatic heterocycles. The molecule has 1 rings (SSSR count). The molecule has 1 unspecified atom stereocenters. The Morgan fingerprint density at radius 1 is 1.53 bits per heavy atom. The second kappa shape index (κ2) is 7.94. The zero-order valence-corrected chi connectivity index (χ0v) is 12.4. The molecule has 0 radical (unpaired) electrons. The maximum absolute atomic E-state index is 12.1. The number of carbonyl (C=O) groups excluding carboxylic acids is 1. The Balaban J connectivity index is 2.57. The van der Waals surface area contributed by atoms with Gasteiger partial charge in [0.05, 0.1) is 12.8 Å². The molecule has 1 aromatic rings. The number of nitrogens with zero attached hydrogens (tertiary/aromatic N) is 3. The molecule has 0 aliphatic rings. The molecule has 0 fully saturated rings. The van der Waals surface area contributed by atoms with Crippen molar-refractivity contribution in [2.45, 2.75) is 39.7 Å². The summed E-state index contributed by atoms with van der Waals surface area (Å²) in [6.45, 7) is 8.48. The second-order valence-corrected chi connectivity index (χ2v) is 4.75. The van der Waals surface area contributed by atoms with Gasteiger partial charge in [0.25, 0.3) is 0 Å². The van der Waals surface area contributed by atoms with Gasteiger partial charge in [-0.25, -0.2) is 0 Å². The number of amides is 1. The Morgan fingerprint density at radius 2 is 2.26 bits per heavy atom. The number of hydrogen-bond acceptors (Lipinski definition) is 3. The molecule has 0 bridgehead atoms. The van der Waals surface area contributed by atoms with E-state index >= 15 is 0 Å². The van der Waals surface area contributed by atoms with E-state index in [4.69, 9.17) is 4.74 Å². The molecule has 0 spiro atoms. The van der Waals surface area contributed by atoms with Crippen LogP contribution in [-0.2, 0) is 16.1 Å². The van der Waals surface area contributed by atoms with Gasteiger partial charge in [-0.1, -0.05) is 13.8 Å². The first-order valence-electron chi connectivity index (χ1n) is 6.91. The molecule has 0 N–H and O–H groups in total. The van der Waals surface area contributed by atoms with Crippen molar-refractivity contribution >= 4 is 5.91 Å². The number of hydrogen-bond donors (Lipinski definition) is 0. The Bertz CT molecular complexity index is 390. The molecule has 0 aliphatic heterocycles. The Morgan fingerprint density at radius 3 is 2.84 bits per heavy atom. The number of ether oxygens (including phenoxy) is 1. The third-order valence-electron chi connectivity index (χ3n) is 3.43. The zero-order valence-electron chi connectivity index (χ0n) is 12.4. The fourth-order valence-corrected chi connectivity index (χ4v) is 1.86. The van der Waals surface area contributed by atoms with Gasteiger partial charge in [-0.3, -0.25) is 9.48 Å². The average molecular weight is 267 g/mol. The third-order valence-corrected chi connectivity index (χ3v) is 3.43. The summed E-state index contributed by atoms with van der Waals surface area (Å²) in [5.41, 5.74) is 1.19. The van der Waals surface area contributed by atoms with E-state index in [0.717, 1.165) is 6.42 Å². The van der Waals surface area contributed by atoms with Crippen molar-refractivity contribution in [3.8, 4) is 0 Å². The Kier molecular flexibility index (Phi) is 6.56. The number of likely N-dealkylation sites (N-methyl/N-ethyl adjacent to an activating group) is 1. The molecule has 1 heterocycles. The van der Waals surface area contributed by atoms with E-state index in [2.05, 4.69) is 18.9 Å². The van der Waals surface area contributed by atoms with Crippen LogP contribution in [0, 0.1) is 0 Å². The number of carbonyl (C=O) groups is 1. The quantitative estimate of drug-likeness (QED) is 0.722. The van der Waals surface area contributed by atoms with E-state index in [1.807, 2.05) is 19.3 Å². The highest BCUT2D eigenvalue weighted by Gasteiger charge is 2.13. The van der Waals surface area contributed by atoms with Gasteiger partial charge in [-0.2, -0.15) is 5.10 Å². The van der Waals surface area contributed by atoms with Crippen LogP contribution >= 0.6 is 0 Å². The second-order valence-electron chi connectivity index (χ2n) is 4.75. The van der Waals surface area contributed by atoms with Crippen molar-refractivity contribution < 1.29 is 9.53 Å². The highest BCUT2D eigenvalue weighted by molar-refractivity contribution is 5.75. The SMILES string of the molecule is CCC(C)c1cnn(CC(=O)N(CC)CCOC)c1. The first-order valence-corrected chi connectivity index (χ1v) is 6.91. The van der Waals surface area contributed by atoms with Crippen LogP contribution in [0.1, 0.15) is 38.7 Å². The fourth-order valence-electron chi connectivity index (χ4n) is 1.86. The number of methoxy groups -OCH3 is 1. The molecule has 108 valence electrons. The lowest BCUT2D eigenvalue weighted by Gasteiger charge is -2.20. The molecular weight excluding hydrogens is 242 g/mol. The van der Waals surface area contributed by atoms with Crippen molar-refractivity contribution in [2.75, 3.05) is 26.8 Å². The van der Waals surface area contributed by atoms with Gasteiger partial charge >= 0.3 is 0 Å². The van der Waals surface area contributed by atoms with Crippen LogP contribution < -0.4 is 0 Å². The maximum atomic E-state index is 12.1. The monoisotopic (exact) mass is 267 g/mol. The fraction of sp³-hybridized carbons (Fsp3) is 0.714. The summed E-state index contributed by atoms with van der Waals surface area (Å²) in [6, 6.07) is 0. The predicted octanol–water partition coefficient (Wildman–Crippen LogP) is 1.89. The summed E-state index contributed by atoms with van der Waals surface area (Å²) in [5.74, 6) is 0.568. The lowest BCUT2D eigenvalue weighted by atomic mass is 10.0. The Hall–Kier alpha value is -1.36. The smallest absolute Gasteiger partial charge is 0.244 e. The van der Waals surface area contributed by atoms with E-state index in [-0.39, 0.29) is 5.91 Å². The minimum Gasteiger partial charge on any atom is -0.383 e.